The third-order valence-corrected chi connectivity index (χ3v) is 2.89. The molecule has 0 unspecified atom stereocenters. The number of carboxylic acid groups (broad SMARTS) is 1. The zero-order valence-corrected chi connectivity index (χ0v) is 11.7. The zero-order chi connectivity index (χ0) is 13.5. The molecule has 0 bridgehead atoms. The molecule has 0 radical (unpaired) electrons. The van der Waals surface area contributed by atoms with E-state index in [0.29, 0.717) is 0 Å². The molecule has 0 aromatic rings. The third kappa shape index (κ3) is 14.9. The zero-order valence-electron chi connectivity index (χ0n) is 11.7. The summed E-state index contributed by atoms with van der Waals surface area (Å²) in [6.07, 6.45) is 19.7. The van der Waals surface area contributed by atoms with E-state index in [2.05, 4.69) is 19.1 Å². The van der Waals surface area contributed by atoms with Crippen LogP contribution >= 0.6 is 0 Å². The molecule has 0 heterocycles. The van der Waals surface area contributed by atoms with Gasteiger partial charge in [0.15, 0.2) is 0 Å². The topological polar surface area (TPSA) is 37.3 Å². The first kappa shape index (κ1) is 16.9. The van der Waals surface area contributed by atoms with Crippen LogP contribution in [0, 0.1) is 0 Å². The molecule has 0 amide bonds. The van der Waals surface area contributed by atoms with Crippen LogP contribution in [0.1, 0.15) is 71.1 Å². The van der Waals surface area contributed by atoms with Gasteiger partial charge in [0, 0.05) is 6.08 Å². The summed E-state index contributed by atoms with van der Waals surface area (Å²) in [5, 5.41) is 8.39. The van der Waals surface area contributed by atoms with Gasteiger partial charge in [0.25, 0.3) is 0 Å². The van der Waals surface area contributed by atoms with Crippen molar-refractivity contribution < 1.29 is 9.90 Å². The largest absolute Gasteiger partial charge is 0.478 e. The Kier molecular flexibility index (Phi) is 13.2. The fourth-order valence-electron chi connectivity index (χ4n) is 1.81. The van der Waals surface area contributed by atoms with Crippen LogP contribution in [0.15, 0.2) is 24.3 Å². The molecular weight excluding hydrogens is 224 g/mol. The molecule has 0 rings (SSSR count). The standard InChI is InChI=1S/C16H28O2/c1-2-3-4-5-6-7-8-9-10-11-12-13-14-15-16(17)18/h7-8,14-15H,2-6,9-13H2,1H3,(H,17,18). The highest BCUT2D eigenvalue weighted by Crippen LogP contribution is 2.06. The van der Waals surface area contributed by atoms with Crippen LogP contribution in [0.4, 0.5) is 0 Å². The number of hydrogen-bond donors (Lipinski definition) is 1. The molecule has 0 aliphatic heterocycles. The van der Waals surface area contributed by atoms with Gasteiger partial charge >= 0.3 is 5.97 Å². The summed E-state index contributed by atoms with van der Waals surface area (Å²) in [6, 6.07) is 0. The molecule has 0 aliphatic rings. The molecule has 18 heavy (non-hydrogen) atoms. The molecule has 0 aromatic heterocycles. The van der Waals surface area contributed by atoms with E-state index in [0.717, 1.165) is 19.3 Å². The quantitative estimate of drug-likeness (QED) is 0.298. The van der Waals surface area contributed by atoms with E-state index in [1.807, 2.05) is 0 Å². The van der Waals surface area contributed by atoms with Crippen LogP contribution in [0.2, 0.25) is 0 Å². The Hall–Kier alpha value is -1.05. The number of allylic oxidation sites excluding steroid dienone is 3. The van der Waals surface area contributed by atoms with Crippen molar-refractivity contribution in [3.63, 3.8) is 0 Å². The van der Waals surface area contributed by atoms with E-state index in [1.54, 1.807) is 6.08 Å². The van der Waals surface area contributed by atoms with Gasteiger partial charge in [-0.15, -0.1) is 0 Å². The number of carbonyl (C=O) groups is 1. The molecule has 0 spiro atoms. The lowest BCUT2D eigenvalue weighted by Crippen LogP contribution is -1.85. The molecule has 0 atom stereocenters. The summed E-state index contributed by atoms with van der Waals surface area (Å²) in [5.41, 5.74) is 0. The average Bonchev–Trinajstić information content (AvgIpc) is 2.34. The van der Waals surface area contributed by atoms with Crippen LogP contribution in [-0.2, 0) is 4.79 Å². The minimum absolute atomic E-state index is 0.846. The Bertz CT molecular complexity index is 241. The molecule has 0 aliphatic carbocycles. The average molecular weight is 252 g/mol. The van der Waals surface area contributed by atoms with E-state index in [4.69, 9.17) is 5.11 Å². The van der Waals surface area contributed by atoms with Gasteiger partial charge in [0.2, 0.25) is 0 Å². The van der Waals surface area contributed by atoms with E-state index >= 15 is 0 Å². The number of rotatable bonds is 12. The Morgan fingerprint density at radius 1 is 0.833 bits per heavy atom. The lowest BCUT2D eigenvalue weighted by molar-refractivity contribution is -0.131. The Morgan fingerprint density at radius 2 is 1.33 bits per heavy atom. The van der Waals surface area contributed by atoms with Gasteiger partial charge < -0.3 is 5.11 Å². The molecule has 1 N–H and O–H groups in total. The fraction of sp³-hybridized carbons (Fsp3) is 0.688. The van der Waals surface area contributed by atoms with Gasteiger partial charge in [-0.2, -0.15) is 0 Å². The first-order valence-electron chi connectivity index (χ1n) is 7.31. The van der Waals surface area contributed by atoms with Crippen molar-refractivity contribution >= 4 is 5.97 Å². The second-order valence-corrected chi connectivity index (χ2v) is 4.70. The highest BCUT2D eigenvalue weighted by molar-refractivity contribution is 5.79. The summed E-state index contributed by atoms with van der Waals surface area (Å²) in [6.45, 7) is 2.24. The van der Waals surface area contributed by atoms with E-state index < -0.39 is 5.97 Å². The second-order valence-electron chi connectivity index (χ2n) is 4.70. The summed E-state index contributed by atoms with van der Waals surface area (Å²) in [4.78, 5) is 10.2. The lowest BCUT2D eigenvalue weighted by atomic mass is 10.1. The SMILES string of the molecule is CCCCCCC=CCCCCCC=CC(=O)O. The van der Waals surface area contributed by atoms with Gasteiger partial charge in [0.1, 0.15) is 0 Å². The first-order valence-corrected chi connectivity index (χ1v) is 7.31. The number of carboxylic acids is 1. The van der Waals surface area contributed by atoms with Crippen molar-refractivity contribution in [1.82, 2.24) is 0 Å². The van der Waals surface area contributed by atoms with Gasteiger partial charge in [-0.1, -0.05) is 50.8 Å². The predicted octanol–water partition coefficient (Wildman–Crippen LogP) is 5.10. The normalized spacial score (nSPS) is 11.6. The van der Waals surface area contributed by atoms with Crippen LogP contribution in [0.3, 0.4) is 0 Å². The predicted molar refractivity (Wildman–Crippen MR) is 77.8 cm³/mol. The van der Waals surface area contributed by atoms with Gasteiger partial charge in [-0.25, -0.2) is 4.79 Å². The van der Waals surface area contributed by atoms with Crippen molar-refractivity contribution in [3.05, 3.63) is 24.3 Å². The van der Waals surface area contributed by atoms with Crippen LogP contribution < -0.4 is 0 Å². The van der Waals surface area contributed by atoms with Crippen molar-refractivity contribution in [1.29, 1.82) is 0 Å². The van der Waals surface area contributed by atoms with Gasteiger partial charge in [-0.05, 0) is 38.5 Å². The van der Waals surface area contributed by atoms with Crippen molar-refractivity contribution in [3.8, 4) is 0 Å². The fourth-order valence-corrected chi connectivity index (χ4v) is 1.81. The maximum atomic E-state index is 10.2. The highest BCUT2D eigenvalue weighted by Gasteiger charge is 1.88. The molecule has 0 saturated carbocycles. The number of hydrogen-bond acceptors (Lipinski definition) is 1. The van der Waals surface area contributed by atoms with Crippen molar-refractivity contribution in [2.75, 3.05) is 0 Å². The van der Waals surface area contributed by atoms with Gasteiger partial charge in [-0.3, -0.25) is 0 Å². The monoisotopic (exact) mass is 252 g/mol. The third-order valence-electron chi connectivity index (χ3n) is 2.89. The molecule has 2 heteroatoms. The van der Waals surface area contributed by atoms with Crippen molar-refractivity contribution in [2.45, 2.75) is 71.1 Å². The molecule has 104 valence electrons. The van der Waals surface area contributed by atoms with Gasteiger partial charge in [0.05, 0.1) is 0 Å². The molecule has 0 aromatic carbocycles. The summed E-state index contributed by atoms with van der Waals surface area (Å²) in [7, 11) is 0. The summed E-state index contributed by atoms with van der Waals surface area (Å²) >= 11 is 0. The molecule has 2 nitrogen and oxygen atoms in total. The Morgan fingerprint density at radius 3 is 1.83 bits per heavy atom. The van der Waals surface area contributed by atoms with E-state index in [1.165, 1.54) is 51.0 Å². The highest BCUT2D eigenvalue weighted by atomic mass is 16.4. The number of aliphatic carboxylic acids is 1. The molecular formula is C16H28O2. The van der Waals surface area contributed by atoms with Crippen LogP contribution in [0.5, 0.6) is 0 Å². The van der Waals surface area contributed by atoms with Crippen LogP contribution in [0.25, 0.3) is 0 Å². The lowest BCUT2D eigenvalue weighted by Gasteiger charge is -1.96. The summed E-state index contributed by atoms with van der Waals surface area (Å²) < 4.78 is 0. The molecule has 0 fully saturated rings. The van der Waals surface area contributed by atoms with Crippen molar-refractivity contribution in [2.24, 2.45) is 0 Å². The second kappa shape index (κ2) is 14.0. The van der Waals surface area contributed by atoms with E-state index in [-0.39, 0.29) is 0 Å². The summed E-state index contributed by atoms with van der Waals surface area (Å²) in [5.74, 6) is -0.846. The van der Waals surface area contributed by atoms with Crippen LogP contribution in [-0.4, -0.2) is 11.1 Å². The smallest absolute Gasteiger partial charge is 0.327 e. The maximum Gasteiger partial charge on any atom is 0.327 e. The maximum absolute atomic E-state index is 10.2. The minimum Gasteiger partial charge on any atom is -0.478 e. The first-order chi connectivity index (χ1) is 8.77. The minimum atomic E-state index is -0.846. The Labute approximate surface area is 112 Å². The Balaban J connectivity index is 3.15. The van der Waals surface area contributed by atoms with E-state index in [9.17, 15) is 4.79 Å². The number of unbranched alkanes of at least 4 members (excludes halogenated alkanes) is 8. The molecule has 0 saturated heterocycles.